The molecule has 0 bridgehead atoms. The van der Waals surface area contributed by atoms with Crippen LogP contribution in [-0.2, 0) is 11.0 Å². The van der Waals surface area contributed by atoms with Crippen LogP contribution in [0.3, 0.4) is 0 Å². The Morgan fingerprint density at radius 3 is 2.51 bits per heavy atom. The minimum Gasteiger partial charge on any atom is -0.508 e. The van der Waals surface area contributed by atoms with E-state index >= 15 is 0 Å². The quantitative estimate of drug-likeness (QED) is 0.426. The Morgan fingerprint density at radius 1 is 1.17 bits per heavy atom. The molecule has 1 aromatic heterocycles. The summed E-state index contributed by atoms with van der Waals surface area (Å²) in [6, 6.07) is 10.1. The van der Waals surface area contributed by atoms with Crippen molar-refractivity contribution in [2.75, 3.05) is 24.2 Å². The van der Waals surface area contributed by atoms with Crippen LogP contribution in [0.5, 0.6) is 5.75 Å². The minimum absolute atomic E-state index is 0.0425. The number of carbonyl (C=O) groups excluding carboxylic acids is 1. The second kappa shape index (κ2) is 10.4. The van der Waals surface area contributed by atoms with Crippen molar-refractivity contribution in [1.82, 2.24) is 9.29 Å². The lowest BCUT2D eigenvalue weighted by Crippen LogP contribution is -2.38. The molecule has 0 radical (unpaired) electrons. The molecule has 2 heterocycles. The molecular formula is C23H21F4N3O3S2. The van der Waals surface area contributed by atoms with Crippen LogP contribution in [0.4, 0.5) is 23.2 Å². The van der Waals surface area contributed by atoms with Crippen LogP contribution in [0.15, 0.2) is 47.8 Å². The van der Waals surface area contributed by atoms with Crippen LogP contribution in [-0.4, -0.2) is 49.5 Å². The van der Waals surface area contributed by atoms with Crippen molar-refractivity contribution in [3.8, 4) is 16.9 Å². The van der Waals surface area contributed by atoms with Gasteiger partial charge < -0.3 is 10.4 Å². The fourth-order valence-corrected chi connectivity index (χ4v) is 5.86. The molecule has 0 aliphatic carbocycles. The first-order valence-corrected chi connectivity index (χ1v) is 12.8. The molecule has 1 amide bonds. The number of piperidine rings is 1. The molecule has 2 aromatic carbocycles. The van der Waals surface area contributed by atoms with E-state index in [1.54, 1.807) is 17.5 Å². The molecule has 1 atom stereocenters. The second-order valence-electron chi connectivity index (χ2n) is 8.05. The first-order chi connectivity index (χ1) is 16.6. The smallest absolute Gasteiger partial charge is 0.401 e. The van der Waals surface area contributed by atoms with E-state index in [4.69, 9.17) is 0 Å². The van der Waals surface area contributed by atoms with E-state index < -0.39 is 34.6 Å². The third kappa shape index (κ3) is 6.44. The Balaban J connectivity index is 1.42. The Labute approximate surface area is 205 Å². The highest BCUT2D eigenvalue weighted by Crippen LogP contribution is 2.33. The van der Waals surface area contributed by atoms with Crippen LogP contribution in [0.25, 0.3) is 11.1 Å². The summed E-state index contributed by atoms with van der Waals surface area (Å²) in [5.41, 5.74) is 1.59. The molecule has 0 saturated carbocycles. The summed E-state index contributed by atoms with van der Waals surface area (Å²) in [6.07, 6.45) is -3.51. The molecule has 6 nitrogen and oxygen atoms in total. The molecule has 0 spiro atoms. The van der Waals surface area contributed by atoms with E-state index in [1.807, 2.05) is 0 Å². The van der Waals surface area contributed by atoms with Crippen LogP contribution in [0, 0.1) is 5.82 Å². The molecule has 186 valence electrons. The predicted molar refractivity (Wildman–Crippen MR) is 126 cm³/mol. The number of carbonyl (C=O) groups is 1. The molecule has 2 N–H and O–H groups in total. The Bertz CT molecular complexity index is 1220. The molecule has 3 aromatic rings. The van der Waals surface area contributed by atoms with Gasteiger partial charge in [-0.25, -0.2) is 17.9 Å². The molecular weight excluding hydrogens is 506 g/mol. The van der Waals surface area contributed by atoms with Crippen LogP contribution in [0.2, 0.25) is 0 Å². The molecule has 4 rings (SSSR count). The van der Waals surface area contributed by atoms with Crippen LogP contribution >= 0.6 is 11.3 Å². The van der Waals surface area contributed by atoms with E-state index in [-0.39, 0.29) is 30.5 Å². The van der Waals surface area contributed by atoms with Crippen molar-refractivity contribution >= 4 is 33.9 Å². The summed E-state index contributed by atoms with van der Waals surface area (Å²) in [5, 5.41) is 14.5. The minimum atomic E-state index is -4.48. The van der Waals surface area contributed by atoms with Crippen molar-refractivity contribution in [2.45, 2.75) is 24.9 Å². The number of anilines is 1. The molecule has 1 aliphatic heterocycles. The van der Waals surface area contributed by atoms with Gasteiger partial charge >= 0.3 is 6.18 Å². The normalized spacial score (nSPS) is 16.2. The summed E-state index contributed by atoms with van der Waals surface area (Å²) >= 11 is 1.29. The van der Waals surface area contributed by atoms with Crippen molar-refractivity contribution in [1.29, 1.82) is 0 Å². The van der Waals surface area contributed by atoms with Crippen LogP contribution < -0.4 is 5.32 Å². The maximum absolute atomic E-state index is 13.9. The number of rotatable bonds is 6. The third-order valence-corrected chi connectivity index (χ3v) is 8.06. The summed E-state index contributed by atoms with van der Waals surface area (Å²) in [5.74, 6) is -2.30. The number of halogens is 4. The topological polar surface area (TPSA) is 82.5 Å². The van der Waals surface area contributed by atoms with Gasteiger partial charge in [-0.2, -0.15) is 13.2 Å². The number of hydrogen-bond donors (Lipinski definition) is 2. The van der Waals surface area contributed by atoms with E-state index in [2.05, 4.69) is 10.3 Å². The van der Waals surface area contributed by atoms with E-state index in [1.165, 1.54) is 46.0 Å². The van der Waals surface area contributed by atoms with E-state index in [0.29, 0.717) is 34.7 Å². The Hall–Kier alpha value is -2.83. The van der Waals surface area contributed by atoms with Gasteiger partial charge in [0.15, 0.2) is 0 Å². The average Bonchev–Trinajstić information content (AvgIpc) is 3.30. The third-order valence-electron chi connectivity index (χ3n) is 5.54. The lowest BCUT2D eigenvalue weighted by molar-refractivity contribution is -0.106. The zero-order chi connectivity index (χ0) is 25.2. The monoisotopic (exact) mass is 527 g/mol. The molecule has 1 aliphatic rings. The predicted octanol–water partition coefficient (Wildman–Crippen LogP) is 5.31. The summed E-state index contributed by atoms with van der Waals surface area (Å²) in [4.78, 5) is 17.3. The maximum Gasteiger partial charge on any atom is 0.401 e. The highest BCUT2D eigenvalue weighted by molar-refractivity contribution is 7.82. The Morgan fingerprint density at radius 2 is 1.86 bits per heavy atom. The standard InChI is InChI=1S/C23H21F4N3O3S2/c24-16-3-6-19(18(11-16)14-1-4-17(31)5-2-14)28-21(32)20-12-34-22(29-20)15-7-9-30(10-8-15)35(33)13-23(25,26)27/h1-6,11-12,15,31H,7-10,13H2,(H,28,32). The number of phenols is 1. The van der Waals surface area contributed by atoms with Gasteiger partial charge in [-0.15, -0.1) is 11.3 Å². The fourth-order valence-electron chi connectivity index (χ4n) is 3.81. The SMILES string of the molecule is O=C(Nc1ccc(F)cc1-c1ccc(O)cc1)c1csc(C2CCN(S(=O)CC(F)(F)F)CC2)n1. The molecule has 1 saturated heterocycles. The average molecular weight is 528 g/mol. The highest BCUT2D eigenvalue weighted by atomic mass is 32.2. The number of nitrogens with zero attached hydrogens (tertiary/aromatic N) is 2. The summed E-state index contributed by atoms with van der Waals surface area (Å²) in [7, 11) is -2.11. The summed E-state index contributed by atoms with van der Waals surface area (Å²) < 4.78 is 64.6. The van der Waals surface area contributed by atoms with Gasteiger partial charge in [0.2, 0.25) is 0 Å². The number of benzene rings is 2. The van der Waals surface area contributed by atoms with Gasteiger partial charge in [0, 0.05) is 35.6 Å². The Kier molecular flexibility index (Phi) is 7.53. The lowest BCUT2D eigenvalue weighted by atomic mass is 9.99. The van der Waals surface area contributed by atoms with Gasteiger partial charge in [-0.3, -0.25) is 4.79 Å². The number of phenolic OH excluding ortho intramolecular Hbond substituents is 1. The summed E-state index contributed by atoms with van der Waals surface area (Å²) in [6.45, 7) is 0.500. The van der Waals surface area contributed by atoms with Gasteiger partial charge in [0.05, 0.1) is 5.01 Å². The van der Waals surface area contributed by atoms with E-state index in [9.17, 15) is 31.7 Å². The number of thiazole rings is 1. The number of alkyl halides is 3. The first-order valence-electron chi connectivity index (χ1n) is 10.6. The number of aromatic nitrogens is 1. The lowest BCUT2D eigenvalue weighted by Gasteiger charge is -2.30. The van der Waals surface area contributed by atoms with Crippen LogP contribution in [0.1, 0.15) is 34.3 Å². The van der Waals surface area contributed by atoms with Crippen molar-refractivity contribution in [2.24, 2.45) is 0 Å². The van der Waals surface area contributed by atoms with Gasteiger partial charge in [-0.05, 0) is 48.7 Å². The number of aromatic hydroxyl groups is 1. The van der Waals surface area contributed by atoms with Crippen molar-refractivity contribution < 1.29 is 31.7 Å². The maximum atomic E-state index is 13.9. The van der Waals surface area contributed by atoms with E-state index in [0.717, 1.165) is 0 Å². The highest BCUT2D eigenvalue weighted by Gasteiger charge is 2.35. The zero-order valence-corrected chi connectivity index (χ0v) is 19.9. The fraction of sp³-hybridized carbons (Fsp3) is 0.304. The number of hydrogen-bond acceptors (Lipinski definition) is 5. The molecule has 1 fully saturated rings. The van der Waals surface area contributed by atoms with Gasteiger partial charge in [0.25, 0.3) is 5.91 Å². The number of nitrogens with one attached hydrogen (secondary N) is 1. The van der Waals surface area contributed by atoms with Crippen molar-refractivity contribution in [3.05, 3.63) is 64.4 Å². The molecule has 1 unspecified atom stereocenters. The first kappa shape index (κ1) is 25.3. The second-order valence-corrected chi connectivity index (χ2v) is 10.4. The largest absolute Gasteiger partial charge is 0.508 e. The van der Waals surface area contributed by atoms with Gasteiger partial charge in [0.1, 0.15) is 34.0 Å². The molecule has 12 heteroatoms. The number of amides is 1. The van der Waals surface area contributed by atoms with Gasteiger partial charge in [-0.1, -0.05) is 12.1 Å². The zero-order valence-electron chi connectivity index (χ0n) is 18.2. The van der Waals surface area contributed by atoms with Crippen molar-refractivity contribution in [3.63, 3.8) is 0 Å². The molecule has 35 heavy (non-hydrogen) atoms.